The number of aliphatic hydroxyl groups excluding tert-OH is 1. The maximum absolute atomic E-state index is 12.5. The number of nitrogens with one attached hydrogen (secondary N) is 1. The van der Waals surface area contributed by atoms with E-state index in [2.05, 4.69) is 5.32 Å². The average molecular weight is 396 g/mol. The van der Waals surface area contributed by atoms with Crippen molar-refractivity contribution in [3.8, 4) is 11.1 Å². The molecule has 2 aromatic carbocycles. The van der Waals surface area contributed by atoms with E-state index >= 15 is 0 Å². The number of rotatable bonds is 6. The summed E-state index contributed by atoms with van der Waals surface area (Å²) in [6, 6.07) is 15.7. The molecule has 0 saturated heterocycles. The molecule has 1 aliphatic rings. The quantitative estimate of drug-likeness (QED) is 0.699. The molecule has 1 saturated carbocycles. The molecule has 2 aromatic rings. The molecule has 1 fully saturated rings. The first-order valence-electron chi connectivity index (χ1n) is 10.1. The molecule has 0 aromatic heterocycles. The fourth-order valence-electron chi connectivity index (χ4n) is 3.67. The van der Waals surface area contributed by atoms with Gasteiger partial charge in [-0.05, 0) is 60.6 Å². The summed E-state index contributed by atoms with van der Waals surface area (Å²) in [7, 11) is 1.74. The molecule has 4 N–H and O–H groups in total. The summed E-state index contributed by atoms with van der Waals surface area (Å²) in [6.45, 7) is 0.502. The zero-order valence-corrected chi connectivity index (χ0v) is 16.8. The second-order valence-corrected chi connectivity index (χ2v) is 7.71. The first kappa shape index (κ1) is 21.0. The van der Waals surface area contributed by atoms with Crippen molar-refractivity contribution in [3.05, 3.63) is 59.7 Å². The lowest BCUT2D eigenvalue weighted by Crippen LogP contribution is -2.38. The molecular weight excluding hydrogens is 366 g/mol. The summed E-state index contributed by atoms with van der Waals surface area (Å²) in [5.74, 6) is -0.174. The Morgan fingerprint density at radius 3 is 2.41 bits per heavy atom. The van der Waals surface area contributed by atoms with Gasteiger partial charge in [-0.3, -0.25) is 9.59 Å². The van der Waals surface area contributed by atoms with Crippen LogP contribution in [-0.4, -0.2) is 47.6 Å². The van der Waals surface area contributed by atoms with E-state index in [0.29, 0.717) is 12.1 Å². The SMILES string of the molecule is CN(Cc1cccc(-c2ccc(C(=O)NC3CCC(O)CC3)cc2)c1)C(=O)CN. The molecule has 0 atom stereocenters. The number of likely N-dealkylation sites (N-methyl/N-ethyl adjacent to an activating group) is 1. The smallest absolute Gasteiger partial charge is 0.251 e. The minimum absolute atomic E-state index is 0.00115. The molecule has 154 valence electrons. The van der Waals surface area contributed by atoms with Crippen molar-refractivity contribution in [1.82, 2.24) is 10.2 Å². The zero-order chi connectivity index (χ0) is 20.8. The number of benzene rings is 2. The van der Waals surface area contributed by atoms with E-state index in [1.807, 2.05) is 48.5 Å². The van der Waals surface area contributed by atoms with Crippen molar-refractivity contribution < 1.29 is 14.7 Å². The minimum Gasteiger partial charge on any atom is -0.393 e. The van der Waals surface area contributed by atoms with Crippen LogP contribution in [0.4, 0.5) is 0 Å². The van der Waals surface area contributed by atoms with Gasteiger partial charge in [-0.1, -0.05) is 30.3 Å². The van der Waals surface area contributed by atoms with Gasteiger partial charge in [0.15, 0.2) is 0 Å². The Labute approximate surface area is 171 Å². The predicted octanol–water partition coefficient (Wildman–Crippen LogP) is 2.30. The number of nitrogens with zero attached hydrogens (tertiary/aromatic N) is 1. The van der Waals surface area contributed by atoms with Gasteiger partial charge in [0, 0.05) is 25.2 Å². The highest BCUT2D eigenvalue weighted by molar-refractivity contribution is 5.94. The summed E-state index contributed by atoms with van der Waals surface area (Å²) in [4.78, 5) is 25.8. The van der Waals surface area contributed by atoms with Gasteiger partial charge in [0.2, 0.25) is 5.91 Å². The van der Waals surface area contributed by atoms with Crippen molar-refractivity contribution in [1.29, 1.82) is 0 Å². The number of hydrogen-bond acceptors (Lipinski definition) is 4. The third kappa shape index (κ3) is 5.65. The molecule has 6 nitrogen and oxygen atoms in total. The normalized spacial score (nSPS) is 18.9. The predicted molar refractivity (Wildman–Crippen MR) is 113 cm³/mol. The van der Waals surface area contributed by atoms with Gasteiger partial charge < -0.3 is 21.1 Å². The van der Waals surface area contributed by atoms with Crippen LogP contribution in [0.15, 0.2) is 48.5 Å². The molecule has 1 aliphatic carbocycles. The van der Waals surface area contributed by atoms with Crippen molar-refractivity contribution in [2.75, 3.05) is 13.6 Å². The molecule has 2 amide bonds. The van der Waals surface area contributed by atoms with E-state index < -0.39 is 0 Å². The lowest BCUT2D eigenvalue weighted by atomic mass is 9.93. The molecule has 6 heteroatoms. The van der Waals surface area contributed by atoms with E-state index in [1.165, 1.54) is 0 Å². The van der Waals surface area contributed by atoms with Crippen LogP contribution in [0.5, 0.6) is 0 Å². The van der Waals surface area contributed by atoms with Crippen molar-refractivity contribution in [2.24, 2.45) is 5.73 Å². The molecule has 0 heterocycles. The minimum atomic E-state index is -0.230. The summed E-state index contributed by atoms with van der Waals surface area (Å²) < 4.78 is 0. The van der Waals surface area contributed by atoms with Crippen LogP contribution in [0.25, 0.3) is 11.1 Å². The van der Waals surface area contributed by atoms with E-state index in [4.69, 9.17) is 5.73 Å². The molecule has 0 unspecified atom stereocenters. The third-order valence-corrected chi connectivity index (χ3v) is 5.46. The van der Waals surface area contributed by atoms with Crippen LogP contribution in [0.2, 0.25) is 0 Å². The van der Waals surface area contributed by atoms with Crippen LogP contribution in [0, 0.1) is 0 Å². The average Bonchev–Trinajstić information content (AvgIpc) is 2.75. The Bertz CT molecular complexity index is 843. The van der Waals surface area contributed by atoms with E-state index in [0.717, 1.165) is 42.4 Å². The highest BCUT2D eigenvalue weighted by Crippen LogP contribution is 2.22. The Morgan fingerprint density at radius 1 is 1.07 bits per heavy atom. The van der Waals surface area contributed by atoms with E-state index in [1.54, 1.807) is 11.9 Å². The molecule has 0 bridgehead atoms. The molecular formula is C23H29N3O3. The van der Waals surface area contributed by atoms with Crippen LogP contribution >= 0.6 is 0 Å². The molecule has 29 heavy (non-hydrogen) atoms. The highest BCUT2D eigenvalue weighted by atomic mass is 16.3. The largest absolute Gasteiger partial charge is 0.393 e. The molecule has 3 rings (SSSR count). The van der Waals surface area contributed by atoms with Crippen LogP contribution in [0.1, 0.15) is 41.6 Å². The highest BCUT2D eigenvalue weighted by Gasteiger charge is 2.21. The summed E-state index contributed by atoms with van der Waals surface area (Å²) >= 11 is 0. The third-order valence-electron chi connectivity index (χ3n) is 5.46. The Morgan fingerprint density at radius 2 is 1.76 bits per heavy atom. The van der Waals surface area contributed by atoms with Crippen LogP contribution < -0.4 is 11.1 Å². The topological polar surface area (TPSA) is 95.7 Å². The van der Waals surface area contributed by atoms with Crippen molar-refractivity contribution in [3.63, 3.8) is 0 Å². The molecule has 0 spiro atoms. The first-order valence-corrected chi connectivity index (χ1v) is 10.1. The maximum atomic E-state index is 12.5. The first-order chi connectivity index (χ1) is 14.0. The fourth-order valence-corrected chi connectivity index (χ4v) is 3.67. The van der Waals surface area contributed by atoms with Gasteiger partial charge in [-0.25, -0.2) is 0 Å². The summed E-state index contributed by atoms with van der Waals surface area (Å²) in [5.41, 5.74) is 9.11. The number of aliphatic hydroxyl groups is 1. The number of carbonyl (C=O) groups excluding carboxylic acids is 2. The van der Waals surface area contributed by atoms with Gasteiger partial charge in [0.25, 0.3) is 5.91 Å². The van der Waals surface area contributed by atoms with Crippen molar-refractivity contribution in [2.45, 2.75) is 44.4 Å². The zero-order valence-electron chi connectivity index (χ0n) is 16.8. The van der Waals surface area contributed by atoms with E-state index in [-0.39, 0.29) is 30.5 Å². The van der Waals surface area contributed by atoms with Gasteiger partial charge in [0.05, 0.1) is 12.6 Å². The number of amides is 2. The summed E-state index contributed by atoms with van der Waals surface area (Å²) in [6.07, 6.45) is 2.89. The van der Waals surface area contributed by atoms with Gasteiger partial charge in [-0.2, -0.15) is 0 Å². The van der Waals surface area contributed by atoms with Gasteiger partial charge >= 0.3 is 0 Å². The maximum Gasteiger partial charge on any atom is 0.251 e. The lowest BCUT2D eigenvalue weighted by molar-refractivity contribution is -0.128. The second kappa shape index (κ2) is 9.67. The summed E-state index contributed by atoms with van der Waals surface area (Å²) in [5, 5.41) is 12.7. The standard InChI is InChI=1S/C23H29N3O3/c1-26(22(28)14-24)15-16-3-2-4-19(13-16)17-5-7-18(8-6-17)23(29)25-20-9-11-21(27)12-10-20/h2-8,13,20-21,27H,9-12,14-15,24H2,1H3,(H,25,29). The lowest BCUT2D eigenvalue weighted by Gasteiger charge is -2.26. The molecule has 0 aliphatic heterocycles. The van der Waals surface area contributed by atoms with Crippen LogP contribution in [-0.2, 0) is 11.3 Å². The Balaban J connectivity index is 1.64. The monoisotopic (exact) mass is 395 g/mol. The Hall–Kier alpha value is -2.70. The van der Waals surface area contributed by atoms with Crippen molar-refractivity contribution >= 4 is 11.8 Å². The van der Waals surface area contributed by atoms with Gasteiger partial charge in [-0.15, -0.1) is 0 Å². The van der Waals surface area contributed by atoms with E-state index in [9.17, 15) is 14.7 Å². The number of nitrogens with two attached hydrogens (primary N) is 1. The van der Waals surface area contributed by atoms with Crippen LogP contribution in [0.3, 0.4) is 0 Å². The number of carbonyl (C=O) groups is 2. The fraction of sp³-hybridized carbons (Fsp3) is 0.391. The second-order valence-electron chi connectivity index (χ2n) is 7.71. The Kier molecular flexibility index (Phi) is 7.01. The number of hydrogen-bond donors (Lipinski definition) is 3. The van der Waals surface area contributed by atoms with Gasteiger partial charge in [0.1, 0.15) is 0 Å². The molecule has 0 radical (unpaired) electrons.